The van der Waals surface area contributed by atoms with E-state index in [2.05, 4.69) is 37.0 Å². The molecule has 3 aromatic carbocycles. The zero-order chi connectivity index (χ0) is 27.0. The van der Waals surface area contributed by atoms with E-state index in [9.17, 15) is 13.2 Å². The van der Waals surface area contributed by atoms with Gasteiger partial charge >= 0.3 is 6.18 Å². The van der Waals surface area contributed by atoms with Gasteiger partial charge < -0.3 is 4.74 Å². The summed E-state index contributed by atoms with van der Waals surface area (Å²) in [6, 6.07) is 15.5. The number of ether oxygens (including phenoxy) is 1. The molecule has 0 saturated heterocycles. The molecule has 0 amide bonds. The average molecular weight is 523 g/mol. The maximum atomic E-state index is 15.2. The van der Waals surface area contributed by atoms with Crippen LogP contribution in [0.1, 0.15) is 68.6 Å². The van der Waals surface area contributed by atoms with Crippen molar-refractivity contribution >= 4 is 10.8 Å². The van der Waals surface area contributed by atoms with Crippen molar-refractivity contribution in [2.45, 2.75) is 64.5 Å². The van der Waals surface area contributed by atoms with Gasteiger partial charge in [0.1, 0.15) is 11.6 Å². The first-order valence-corrected chi connectivity index (χ1v) is 13.4. The molecule has 1 aliphatic rings. The summed E-state index contributed by atoms with van der Waals surface area (Å²) in [5, 5.41) is 1.41. The third-order valence-corrected chi connectivity index (χ3v) is 7.40. The lowest BCUT2D eigenvalue weighted by molar-refractivity contribution is -0.153. The summed E-state index contributed by atoms with van der Waals surface area (Å²) in [5.41, 5.74) is 2.08. The molecule has 0 aromatic heterocycles. The number of hydrogen-bond acceptors (Lipinski definition) is 1. The average Bonchev–Trinajstić information content (AvgIpc) is 2.91. The Morgan fingerprint density at radius 1 is 0.895 bits per heavy atom. The topological polar surface area (TPSA) is 9.23 Å². The molecule has 0 spiro atoms. The van der Waals surface area contributed by atoms with E-state index >= 15 is 4.39 Å². The van der Waals surface area contributed by atoms with Crippen molar-refractivity contribution < 1.29 is 22.3 Å². The molecule has 0 heterocycles. The molecular formula is C33H34F4O. The molecule has 0 aliphatic heterocycles. The van der Waals surface area contributed by atoms with Crippen LogP contribution in [0.15, 0.2) is 66.7 Å². The molecule has 4 rings (SSSR count). The predicted octanol–water partition coefficient (Wildman–Crippen LogP) is 9.42. The van der Waals surface area contributed by atoms with Gasteiger partial charge in [-0.1, -0.05) is 73.9 Å². The predicted molar refractivity (Wildman–Crippen MR) is 146 cm³/mol. The zero-order valence-corrected chi connectivity index (χ0v) is 21.8. The minimum Gasteiger partial charge on any atom is -0.484 e. The fraction of sp³-hybridized carbons (Fsp3) is 0.394. The molecular weight excluding hydrogens is 488 g/mol. The van der Waals surface area contributed by atoms with E-state index in [1.807, 2.05) is 18.2 Å². The monoisotopic (exact) mass is 522 g/mol. The second kappa shape index (κ2) is 13.0. The Morgan fingerprint density at radius 2 is 1.61 bits per heavy atom. The highest BCUT2D eigenvalue weighted by Gasteiger charge is 2.28. The first-order valence-electron chi connectivity index (χ1n) is 13.4. The normalized spacial score (nSPS) is 17.9. The summed E-state index contributed by atoms with van der Waals surface area (Å²) in [4.78, 5) is 0. The number of fused-ring (bicyclic) bond motifs is 1. The van der Waals surface area contributed by atoms with Gasteiger partial charge in [0, 0.05) is 10.9 Å². The largest absolute Gasteiger partial charge is 0.484 e. The van der Waals surface area contributed by atoms with Crippen molar-refractivity contribution in [3.8, 4) is 17.6 Å². The summed E-state index contributed by atoms with van der Waals surface area (Å²) in [5.74, 6) is 7.13. The van der Waals surface area contributed by atoms with E-state index in [1.54, 1.807) is 18.2 Å². The van der Waals surface area contributed by atoms with Crippen LogP contribution in [0.25, 0.3) is 10.8 Å². The second-order valence-electron chi connectivity index (χ2n) is 10.2. The molecule has 1 nitrogen and oxygen atoms in total. The Labute approximate surface area is 222 Å². The second-order valence-corrected chi connectivity index (χ2v) is 10.2. The fourth-order valence-electron chi connectivity index (χ4n) is 5.21. The summed E-state index contributed by atoms with van der Waals surface area (Å²) in [6.07, 6.45) is 10.0. The van der Waals surface area contributed by atoms with E-state index in [0.717, 1.165) is 23.6 Å². The Bertz CT molecular complexity index is 1290. The highest BCUT2D eigenvalue weighted by Crippen LogP contribution is 2.34. The van der Waals surface area contributed by atoms with Crippen molar-refractivity contribution in [3.05, 3.63) is 89.3 Å². The summed E-state index contributed by atoms with van der Waals surface area (Å²) < 4.78 is 56.7. The van der Waals surface area contributed by atoms with E-state index in [4.69, 9.17) is 4.74 Å². The molecule has 200 valence electrons. The number of allylic oxidation sites excluding steroid dienone is 2. The Morgan fingerprint density at radius 3 is 2.29 bits per heavy atom. The van der Waals surface area contributed by atoms with Crippen LogP contribution in [-0.4, -0.2) is 12.8 Å². The zero-order valence-electron chi connectivity index (χ0n) is 21.8. The van der Waals surface area contributed by atoms with Crippen LogP contribution in [0.5, 0.6) is 5.75 Å². The SMILES string of the molecule is C/C=C/CCC1CCC(CCc2ccc3c(F)c(C#Cc4ccc(OCC(F)(F)F)cc4)ccc3c2)CC1. The van der Waals surface area contributed by atoms with Gasteiger partial charge in [0.05, 0.1) is 5.56 Å². The van der Waals surface area contributed by atoms with E-state index in [1.165, 1.54) is 62.6 Å². The van der Waals surface area contributed by atoms with Gasteiger partial charge in [0.15, 0.2) is 6.61 Å². The molecule has 0 atom stereocenters. The number of aryl methyl sites for hydroxylation is 1. The molecule has 0 radical (unpaired) electrons. The summed E-state index contributed by atoms with van der Waals surface area (Å²) >= 11 is 0. The van der Waals surface area contributed by atoms with Crippen LogP contribution in [0.3, 0.4) is 0 Å². The number of hydrogen-bond donors (Lipinski definition) is 0. The summed E-state index contributed by atoms with van der Waals surface area (Å²) in [7, 11) is 0. The van der Waals surface area contributed by atoms with Crippen molar-refractivity contribution in [2.75, 3.05) is 6.61 Å². The highest BCUT2D eigenvalue weighted by atomic mass is 19.4. The summed E-state index contributed by atoms with van der Waals surface area (Å²) in [6.45, 7) is 0.737. The number of rotatable bonds is 8. The van der Waals surface area contributed by atoms with Crippen molar-refractivity contribution in [1.82, 2.24) is 0 Å². The molecule has 3 aromatic rings. The van der Waals surface area contributed by atoms with Gasteiger partial charge in [-0.3, -0.25) is 0 Å². The third kappa shape index (κ3) is 8.12. The first-order chi connectivity index (χ1) is 18.3. The van der Waals surface area contributed by atoms with Gasteiger partial charge in [-0.2, -0.15) is 13.2 Å². The van der Waals surface area contributed by atoms with E-state index in [-0.39, 0.29) is 17.1 Å². The van der Waals surface area contributed by atoms with Gasteiger partial charge in [0.2, 0.25) is 0 Å². The van der Waals surface area contributed by atoms with Crippen LogP contribution < -0.4 is 4.74 Å². The number of benzene rings is 3. The molecule has 1 fully saturated rings. The molecule has 5 heteroatoms. The Balaban J connectivity index is 1.33. The lowest BCUT2D eigenvalue weighted by Crippen LogP contribution is -2.19. The van der Waals surface area contributed by atoms with Crippen molar-refractivity contribution in [3.63, 3.8) is 0 Å². The highest BCUT2D eigenvalue weighted by molar-refractivity contribution is 5.85. The maximum absolute atomic E-state index is 15.2. The Hall–Kier alpha value is -3.26. The Kier molecular flexibility index (Phi) is 9.50. The quantitative estimate of drug-likeness (QED) is 0.163. The molecule has 38 heavy (non-hydrogen) atoms. The molecule has 0 bridgehead atoms. The standard InChI is InChI=1S/C33H34F4O/c1-2-3-4-5-24-6-8-25(9-7-24)10-11-27-15-21-31-29(22-27)18-17-28(32(31)34)16-12-26-13-19-30(20-14-26)38-23-33(35,36)37/h2-3,13-15,17-22,24-25H,4-11,23H2,1H3/b3-2+. The van der Waals surface area contributed by atoms with Gasteiger partial charge in [-0.25, -0.2) is 4.39 Å². The van der Waals surface area contributed by atoms with Crippen LogP contribution in [-0.2, 0) is 6.42 Å². The number of halogens is 4. The lowest BCUT2D eigenvalue weighted by atomic mass is 9.78. The van der Waals surface area contributed by atoms with Crippen LogP contribution >= 0.6 is 0 Å². The maximum Gasteiger partial charge on any atom is 0.422 e. The third-order valence-electron chi connectivity index (χ3n) is 7.40. The van der Waals surface area contributed by atoms with Crippen molar-refractivity contribution in [1.29, 1.82) is 0 Å². The molecule has 1 aliphatic carbocycles. The molecule has 0 N–H and O–H groups in total. The molecule has 0 unspecified atom stereocenters. The van der Waals surface area contributed by atoms with Crippen LogP contribution in [0.4, 0.5) is 17.6 Å². The smallest absolute Gasteiger partial charge is 0.422 e. The fourth-order valence-corrected chi connectivity index (χ4v) is 5.21. The van der Waals surface area contributed by atoms with Crippen LogP contribution in [0, 0.1) is 29.5 Å². The molecule has 1 saturated carbocycles. The van der Waals surface area contributed by atoms with Gasteiger partial charge in [0.25, 0.3) is 0 Å². The van der Waals surface area contributed by atoms with Crippen molar-refractivity contribution in [2.24, 2.45) is 11.8 Å². The minimum absolute atomic E-state index is 0.105. The lowest BCUT2D eigenvalue weighted by Gasteiger charge is -2.28. The van der Waals surface area contributed by atoms with Gasteiger partial charge in [-0.15, -0.1) is 0 Å². The van der Waals surface area contributed by atoms with Crippen LogP contribution in [0.2, 0.25) is 0 Å². The number of alkyl halides is 3. The van der Waals surface area contributed by atoms with E-state index < -0.39 is 12.8 Å². The van der Waals surface area contributed by atoms with E-state index in [0.29, 0.717) is 10.9 Å². The van der Waals surface area contributed by atoms with Gasteiger partial charge in [-0.05, 0) is 85.7 Å². The minimum atomic E-state index is -4.39. The first kappa shape index (κ1) is 27.8.